The van der Waals surface area contributed by atoms with Gasteiger partial charge in [-0.15, -0.1) is 0 Å². The van der Waals surface area contributed by atoms with E-state index in [0.717, 1.165) is 12.4 Å². The minimum Gasteiger partial charge on any atom is -0.494 e. The van der Waals surface area contributed by atoms with Crippen LogP contribution in [0.15, 0.2) is 18.2 Å². The summed E-state index contributed by atoms with van der Waals surface area (Å²) in [6.07, 6.45) is 7.77. The molecule has 1 aromatic rings. The summed E-state index contributed by atoms with van der Waals surface area (Å²) >= 11 is 0. The Morgan fingerprint density at radius 2 is 2.17 bits per heavy atom. The van der Waals surface area contributed by atoms with Crippen LogP contribution in [0, 0.1) is 0 Å². The Morgan fingerprint density at radius 1 is 1.22 bits per heavy atom. The van der Waals surface area contributed by atoms with E-state index in [1.807, 2.05) is 6.92 Å². The molecule has 0 aromatic heterocycles. The topological polar surface area (TPSA) is 21.3 Å². The third kappa shape index (κ3) is 2.26. The van der Waals surface area contributed by atoms with E-state index in [-0.39, 0.29) is 0 Å². The highest BCUT2D eigenvalue weighted by Crippen LogP contribution is 2.35. The molecule has 1 unspecified atom stereocenters. The first-order chi connectivity index (χ1) is 8.81. The van der Waals surface area contributed by atoms with Crippen LogP contribution in [-0.2, 0) is 12.8 Å². The number of piperidine rings is 1. The molecule has 0 saturated carbocycles. The second-order valence-electron chi connectivity index (χ2n) is 5.70. The molecule has 0 radical (unpaired) electrons. The van der Waals surface area contributed by atoms with Crippen LogP contribution < -0.4 is 10.1 Å². The molecule has 2 heteroatoms. The van der Waals surface area contributed by atoms with Gasteiger partial charge in [-0.3, -0.25) is 0 Å². The SMILES string of the molecule is CCOc1ccc2c(c1)CCC1(CCCCN1)C2. The maximum absolute atomic E-state index is 5.59. The summed E-state index contributed by atoms with van der Waals surface area (Å²) in [5.41, 5.74) is 3.43. The van der Waals surface area contributed by atoms with E-state index in [1.54, 1.807) is 0 Å². The molecule has 1 atom stereocenters. The Kier molecular flexibility index (Phi) is 3.29. The first kappa shape index (κ1) is 12.0. The van der Waals surface area contributed by atoms with E-state index in [1.165, 1.54) is 56.2 Å². The molecule has 1 heterocycles. The molecule has 18 heavy (non-hydrogen) atoms. The highest BCUT2D eigenvalue weighted by atomic mass is 16.5. The molecule has 0 amide bonds. The van der Waals surface area contributed by atoms with Gasteiger partial charge in [0.2, 0.25) is 0 Å². The van der Waals surface area contributed by atoms with Crippen LogP contribution in [0.2, 0.25) is 0 Å². The largest absolute Gasteiger partial charge is 0.494 e. The lowest BCUT2D eigenvalue weighted by Crippen LogP contribution is -2.52. The molecule has 1 spiro atoms. The number of ether oxygens (including phenoxy) is 1. The fourth-order valence-corrected chi connectivity index (χ4v) is 3.49. The van der Waals surface area contributed by atoms with Crippen molar-refractivity contribution in [3.05, 3.63) is 29.3 Å². The Hall–Kier alpha value is -1.02. The molecule has 98 valence electrons. The molecule has 1 aliphatic heterocycles. The zero-order chi connectivity index (χ0) is 12.4. The molecular weight excluding hydrogens is 222 g/mol. The van der Waals surface area contributed by atoms with Gasteiger partial charge in [0, 0.05) is 5.54 Å². The maximum atomic E-state index is 5.59. The van der Waals surface area contributed by atoms with Crippen LogP contribution in [-0.4, -0.2) is 18.7 Å². The van der Waals surface area contributed by atoms with Gasteiger partial charge in [0.25, 0.3) is 0 Å². The monoisotopic (exact) mass is 245 g/mol. The first-order valence-corrected chi connectivity index (χ1v) is 7.31. The minimum atomic E-state index is 0.401. The van der Waals surface area contributed by atoms with Crippen LogP contribution in [0.4, 0.5) is 0 Å². The summed E-state index contributed by atoms with van der Waals surface area (Å²) in [6, 6.07) is 6.65. The molecule has 0 bridgehead atoms. The zero-order valence-electron chi connectivity index (χ0n) is 11.3. The summed E-state index contributed by atoms with van der Waals surface area (Å²) in [7, 11) is 0. The number of nitrogens with one attached hydrogen (secondary N) is 1. The molecule has 1 saturated heterocycles. The summed E-state index contributed by atoms with van der Waals surface area (Å²) in [6.45, 7) is 4.00. The van der Waals surface area contributed by atoms with Crippen LogP contribution in [0.5, 0.6) is 5.75 Å². The van der Waals surface area contributed by atoms with Gasteiger partial charge < -0.3 is 10.1 Å². The van der Waals surface area contributed by atoms with Crippen LogP contribution >= 0.6 is 0 Å². The van der Waals surface area contributed by atoms with Gasteiger partial charge >= 0.3 is 0 Å². The second kappa shape index (κ2) is 4.93. The summed E-state index contributed by atoms with van der Waals surface area (Å²) in [4.78, 5) is 0. The lowest BCUT2D eigenvalue weighted by Gasteiger charge is -2.42. The van der Waals surface area contributed by atoms with Gasteiger partial charge in [0.05, 0.1) is 6.61 Å². The van der Waals surface area contributed by atoms with Crippen LogP contribution in [0.25, 0.3) is 0 Å². The van der Waals surface area contributed by atoms with Crippen molar-refractivity contribution in [2.45, 2.75) is 51.0 Å². The highest BCUT2D eigenvalue weighted by Gasteiger charge is 2.35. The van der Waals surface area contributed by atoms with Crippen molar-refractivity contribution >= 4 is 0 Å². The van der Waals surface area contributed by atoms with Gasteiger partial charge in [-0.25, -0.2) is 0 Å². The molecule has 1 N–H and O–H groups in total. The number of hydrogen-bond donors (Lipinski definition) is 1. The number of aryl methyl sites for hydroxylation is 1. The van der Waals surface area contributed by atoms with Gasteiger partial charge in [-0.2, -0.15) is 0 Å². The van der Waals surface area contributed by atoms with Crippen molar-refractivity contribution in [1.29, 1.82) is 0 Å². The molecular formula is C16H23NO. The van der Waals surface area contributed by atoms with Crippen molar-refractivity contribution < 1.29 is 4.74 Å². The zero-order valence-corrected chi connectivity index (χ0v) is 11.3. The third-order valence-electron chi connectivity index (χ3n) is 4.47. The maximum Gasteiger partial charge on any atom is 0.119 e. The standard InChI is InChI=1S/C16H23NO/c1-2-18-15-6-5-14-12-16(8-3-4-10-17-16)9-7-13(14)11-15/h5-6,11,17H,2-4,7-10,12H2,1H3. The van der Waals surface area contributed by atoms with E-state index in [2.05, 4.69) is 23.5 Å². The normalized spacial score (nSPS) is 26.9. The quantitative estimate of drug-likeness (QED) is 0.864. The smallest absolute Gasteiger partial charge is 0.119 e. The lowest BCUT2D eigenvalue weighted by molar-refractivity contribution is 0.225. The van der Waals surface area contributed by atoms with Gasteiger partial charge in [-0.05, 0) is 68.8 Å². The van der Waals surface area contributed by atoms with Crippen molar-refractivity contribution in [2.75, 3.05) is 13.2 Å². The molecule has 2 nitrogen and oxygen atoms in total. The predicted octanol–water partition coefficient (Wildman–Crippen LogP) is 3.09. The molecule has 1 fully saturated rings. The molecule has 1 aromatic carbocycles. The van der Waals surface area contributed by atoms with Crippen molar-refractivity contribution in [3.63, 3.8) is 0 Å². The first-order valence-electron chi connectivity index (χ1n) is 7.31. The van der Waals surface area contributed by atoms with E-state index < -0.39 is 0 Å². The van der Waals surface area contributed by atoms with E-state index in [9.17, 15) is 0 Å². The number of hydrogen-bond acceptors (Lipinski definition) is 2. The Bertz CT molecular complexity index is 421. The number of benzene rings is 1. The molecule has 2 aliphatic rings. The molecule has 1 aliphatic carbocycles. The third-order valence-corrected chi connectivity index (χ3v) is 4.47. The molecule has 3 rings (SSSR count). The number of rotatable bonds is 2. The average Bonchev–Trinajstić information content (AvgIpc) is 2.40. The van der Waals surface area contributed by atoms with Crippen molar-refractivity contribution in [1.82, 2.24) is 5.32 Å². The highest BCUT2D eigenvalue weighted by molar-refractivity contribution is 5.39. The van der Waals surface area contributed by atoms with Gasteiger partial charge in [0.1, 0.15) is 5.75 Å². The van der Waals surface area contributed by atoms with Crippen molar-refractivity contribution in [2.24, 2.45) is 0 Å². The fraction of sp³-hybridized carbons (Fsp3) is 0.625. The lowest BCUT2D eigenvalue weighted by atomic mass is 9.74. The Morgan fingerprint density at radius 3 is 2.94 bits per heavy atom. The summed E-state index contributed by atoms with van der Waals surface area (Å²) < 4.78 is 5.59. The Balaban J connectivity index is 1.80. The van der Waals surface area contributed by atoms with Crippen LogP contribution in [0.1, 0.15) is 43.7 Å². The number of fused-ring (bicyclic) bond motifs is 1. The van der Waals surface area contributed by atoms with Gasteiger partial charge in [0.15, 0.2) is 0 Å². The van der Waals surface area contributed by atoms with E-state index in [0.29, 0.717) is 5.54 Å². The predicted molar refractivity (Wildman–Crippen MR) is 74.2 cm³/mol. The Labute approximate surface area is 110 Å². The summed E-state index contributed by atoms with van der Waals surface area (Å²) in [5.74, 6) is 1.03. The average molecular weight is 245 g/mol. The fourth-order valence-electron chi connectivity index (χ4n) is 3.49. The second-order valence-corrected chi connectivity index (χ2v) is 5.70. The van der Waals surface area contributed by atoms with E-state index >= 15 is 0 Å². The van der Waals surface area contributed by atoms with E-state index in [4.69, 9.17) is 4.74 Å². The van der Waals surface area contributed by atoms with Gasteiger partial charge in [-0.1, -0.05) is 12.5 Å². The summed E-state index contributed by atoms with van der Waals surface area (Å²) in [5, 5.41) is 3.78. The van der Waals surface area contributed by atoms with Crippen molar-refractivity contribution in [3.8, 4) is 5.75 Å². The minimum absolute atomic E-state index is 0.401. The van der Waals surface area contributed by atoms with Crippen LogP contribution in [0.3, 0.4) is 0 Å².